The Labute approximate surface area is 661 Å². The summed E-state index contributed by atoms with van der Waals surface area (Å²) in [6.45, 7) is 12.2. The van der Waals surface area contributed by atoms with E-state index in [4.69, 9.17) is 23.5 Å². The number of thiophene rings is 2. The highest BCUT2D eigenvalue weighted by molar-refractivity contribution is 14.0. The van der Waals surface area contributed by atoms with E-state index in [1.54, 1.807) is 12.1 Å². The lowest BCUT2D eigenvalue weighted by Crippen LogP contribution is -2.60. The van der Waals surface area contributed by atoms with Crippen LogP contribution in [0.25, 0.3) is 50.1 Å². The molecule has 0 saturated heterocycles. The van der Waals surface area contributed by atoms with Crippen molar-refractivity contribution in [1.29, 1.82) is 0 Å². The monoisotopic (exact) mass is 1680 g/mol. The number of esters is 5. The van der Waals surface area contributed by atoms with Gasteiger partial charge in [0.15, 0.2) is 37.1 Å². The summed E-state index contributed by atoms with van der Waals surface area (Å²) in [5, 5.41) is -0.840. The molecule has 0 radical (unpaired) electrons. The maximum absolute atomic E-state index is 13.8. The molecule has 1 N–H and O–H groups in total. The average Bonchev–Trinajstić information content (AvgIpc) is 1.55. The van der Waals surface area contributed by atoms with Crippen LogP contribution in [0.5, 0.6) is 0 Å². The van der Waals surface area contributed by atoms with Crippen molar-refractivity contribution in [3.63, 3.8) is 0 Å². The van der Waals surface area contributed by atoms with Crippen molar-refractivity contribution in [3.8, 4) is 9.79 Å². The normalized spacial score (nSPS) is 23.1. The Hall–Kier alpha value is -7.52. The number of aryl methyl sites for hydroxylation is 2. The Morgan fingerprint density at radius 1 is 0.618 bits per heavy atom. The summed E-state index contributed by atoms with van der Waals surface area (Å²) in [6.07, 6.45) is 11.1. The van der Waals surface area contributed by atoms with Crippen molar-refractivity contribution in [2.45, 2.75) is 199 Å². The molecule has 8 aromatic rings. The van der Waals surface area contributed by atoms with Gasteiger partial charge in [-0.05, 0) is 187 Å². The first kappa shape index (κ1) is 83.4. The largest absolute Gasteiger partial charge is 0.465 e. The molecule has 16 nitrogen and oxygen atoms in total. The second kappa shape index (κ2) is 33.7. The van der Waals surface area contributed by atoms with Gasteiger partial charge in [0.2, 0.25) is 0 Å². The number of hydrogen-bond acceptors (Lipinski definition) is 15. The van der Waals surface area contributed by atoms with E-state index in [0.29, 0.717) is 49.7 Å². The molecule has 2 heterocycles. The molecule has 6 aliphatic carbocycles. The number of halogens is 5. The van der Waals surface area contributed by atoms with Crippen LogP contribution in [0.1, 0.15) is 195 Å². The van der Waals surface area contributed by atoms with E-state index in [1.165, 1.54) is 35.6 Å². The van der Waals surface area contributed by atoms with Gasteiger partial charge in [-0.1, -0.05) is 94.6 Å². The number of benzene rings is 6. The maximum atomic E-state index is 13.8. The number of ether oxygens (including phenoxy) is 5. The number of hydrogen-bond donors (Lipinski definition) is 1. The van der Waals surface area contributed by atoms with Gasteiger partial charge >= 0.3 is 51.1 Å². The zero-order valence-corrected chi connectivity index (χ0v) is 67.8. The van der Waals surface area contributed by atoms with Crippen LogP contribution in [0.4, 0.5) is 17.6 Å². The quantitative estimate of drug-likeness (QED) is 0.0134. The average molecular weight is 1680 g/mol. The fourth-order valence-electron chi connectivity index (χ4n) is 18.7. The highest BCUT2D eigenvalue weighted by Crippen LogP contribution is 2.67. The summed E-state index contributed by atoms with van der Waals surface area (Å²) in [6, 6.07) is 46.1. The standard InChI is InChI=1S/C29H29O4S.C29H28O4S.C28H38F4O8S.HI/c2*1-3-29(16-8-9-17-29)33-27(30)19-32-28(31)21-15-14-20(2)26(18-21)34-24-12-6-4-10-22(24)23-11-5-7-13-25(23)34;1-15(4-7-23(36)40-11-10-27(29,30)28(31,32)41(37,38)39)18-5-6-19-24-20(14-22(35)26(18,19)3)25(2)9-8-17(33)12-16(25)13-21(24)34;/h4-7,10-15,18H,3,8-9,16-17,19H2,1-2H3;4-7,10-12,14-15,18H,3,8-9,16-17,19H2,1-2H3;15-16,18-20,24H,4-14H2,1-3H3,(H,37,38,39);1H/q+1;;;/t;;15-,16?,18-,19+,20+,24+,25+,26-;/m..1./s1. The molecular weight excluding hydrogens is 1590 g/mol. The van der Waals surface area contributed by atoms with Crippen LogP contribution in [-0.4, -0.2) is 102 Å². The molecule has 2 unspecified atom stereocenters. The molecule has 24 heteroatoms. The molecular formula is C86H96F4IO16S3+. The fourth-order valence-corrected chi connectivity index (χ4v) is 24.2. The number of carbonyl (C=O) groups excluding carboxylic acids is 8. The minimum atomic E-state index is -6.37. The first-order chi connectivity index (χ1) is 51.8. The molecule has 2 aromatic heterocycles. The van der Waals surface area contributed by atoms with Crippen LogP contribution < -0.4 is 0 Å². The molecule has 6 saturated carbocycles. The molecule has 14 rings (SSSR count). The van der Waals surface area contributed by atoms with Crippen LogP contribution in [0, 0.1) is 66.3 Å². The fraction of sp³-hybridized carbons (Fsp3) is 0.488. The number of Topliss-reactive ketones (excluding diaryl/α,β-unsaturated/α-hetero) is 3. The summed E-state index contributed by atoms with van der Waals surface area (Å²) in [5.74, 6) is -8.46. The lowest BCUT2D eigenvalue weighted by molar-refractivity contribution is -0.174. The Balaban J connectivity index is 0.000000164. The lowest BCUT2D eigenvalue weighted by Gasteiger charge is -2.58. The highest BCUT2D eigenvalue weighted by atomic mass is 127. The third-order valence-electron chi connectivity index (χ3n) is 25.0. The van der Waals surface area contributed by atoms with E-state index < -0.39 is 69.6 Å². The molecule has 0 aliphatic heterocycles. The van der Waals surface area contributed by atoms with Gasteiger partial charge in [-0.15, -0.1) is 30.0 Å². The number of alkyl halides is 4. The van der Waals surface area contributed by atoms with Crippen molar-refractivity contribution < 1.29 is 92.6 Å². The number of carbonyl (C=O) groups is 8. The zero-order valence-electron chi connectivity index (χ0n) is 63.1. The summed E-state index contributed by atoms with van der Waals surface area (Å²) < 4.78 is 115. The van der Waals surface area contributed by atoms with E-state index in [-0.39, 0.29) is 147 Å². The second-order valence-electron chi connectivity index (χ2n) is 31.2. The van der Waals surface area contributed by atoms with Crippen molar-refractivity contribution in [1.82, 2.24) is 0 Å². The molecule has 6 aromatic carbocycles. The number of ketones is 3. The van der Waals surface area contributed by atoms with Crippen LogP contribution >= 0.6 is 44.9 Å². The first-order valence-corrected chi connectivity index (χ1v) is 41.9. The summed E-state index contributed by atoms with van der Waals surface area (Å²) in [5.41, 5.74) is 1.34. The van der Waals surface area contributed by atoms with Gasteiger partial charge < -0.3 is 23.7 Å². The third kappa shape index (κ3) is 16.5. The predicted molar refractivity (Wildman–Crippen MR) is 426 cm³/mol. The molecule has 588 valence electrons. The number of rotatable bonds is 21. The molecule has 0 amide bonds. The topological polar surface area (TPSA) is 237 Å². The molecule has 110 heavy (non-hydrogen) atoms. The smallest absolute Gasteiger partial charge is 0.431 e. The zero-order chi connectivity index (χ0) is 78.2. The Morgan fingerprint density at radius 3 is 1.63 bits per heavy atom. The molecule has 6 fully saturated rings. The minimum absolute atomic E-state index is 0. The van der Waals surface area contributed by atoms with Crippen molar-refractivity contribution in [3.05, 3.63) is 156 Å². The first-order valence-electron chi connectivity index (χ1n) is 38.0. The van der Waals surface area contributed by atoms with Crippen LogP contribution in [0.2, 0.25) is 0 Å². The summed E-state index contributed by atoms with van der Waals surface area (Å²) >= 11 is 0. The van der Waals surface area contributed by atoms with Gasteiger partial charge in [-0.25, -0.2) is 19.2 Å². The summed E-state index contributed by atoms with van der Waals surface area (Å²) in [4.78, 5) is 104. The van der Waals surface area contributed by atoms with E-state index >= 15 is 0 Å². The molecule has 0 bridgehead atoms. The SMILES string of the molecule is CCC1(OC(=O)COC(=O)c2ccc(C)c(-[s+]3c4[c-]cccc4c4ccccc43)c2)CCCC1.CCC1(OC(=O)COC(=O)c2ccc(C)c(-[s+]3c4ccccc4c4ccccc43)c2)CCCC1.C[C@H](CCC(=O)OCCC(F)(F)C(F)(F)S(=O)(=O)O)[C@H]1CC[C@H]2[C@@H]3C(=O)CC4CC(=O)CC[C@]4(C)[C@H]3CC(=O)[C@]12C.I. The van der Waals surface area contributed by atoms with E-state index in [0.717, 1.165) is 89.8 Å². The second-order valence-corrected chi connectivity index (χ2v) is 36.5. The highest BCUT2D eigenvalue weighted by Gasteiger charge is 2.67. The minimum Gasteiger partial charge on any atom is -0.465 e. The van der Waals surface area contributed by atoms with Gasteiger partial charge in [0.1, 0.15) is 28.6 Å². The number of fused-ring (bicyclic) bond motifs is 11. The maximum Gasteiger partial charge on any atom is 0.431 e. The van der Waals surface area contributed by atoms with E-state index in [9.17, 15) is 64.3 Å². The molecule has 0 spiro atoms. The van der Waals surface area contributed by atoms with Gasteiger partial charge in [0.25, 0.3) is 0 Å². The Kier molecular flexibility index (Phi) is 25.5. The van der Waals surface area contributed by atoms with E-state index in [2.05, 4.69) is 110 Å². The third-order valence-corrected chi connectivity index (χ3v) is 30.8. The van der Waals surface area contributed by atoms with Crippen molar-refractivity contribution >= 4 is 143 Å². The summed E-state index contributed by atoms with van der Waals surface area (Å²) in [7, 11) is -7.03. The van der Waals surface area contributed by atoms with Crippen molar-refractivity contribution in [2.24, 2.45) is 46.3 Å². The predicted octanol–water partition coefficient (Wildman–Crippen LogP) is 20.4. The molecule has 9 atom stereocenters. The van der Waals surface area contributed by atoms with Gasteiger partial charge in [-0.3, -0.25) is 23.7 Å². The van der Waals surface area contributed by atoms with E-state index in [1.807, 2.05) is 64.1 Å². The Morgan fingerprint density at radius 2 is 1.11 bits per heavy atom. The van der Waals surface area contributed by atoms with Crippen LogP contribution in [-0.2, 0) is 62.6 Å². The van der Waals surface area contributed by atoms with Gasteiger partial charge in [0.05, 0.1) is 28.9 Å². The Bertz CT molecular complexity index is 4640. The van der Waals surface area contributed by atoms with Gasteiger partial charge in [-0.2, -0.15) is 44.2 Å². The van der Waals surface area contributed by atoms with Crippen molar-refractivity contribution in [2.75, 3.05) is 19.8 Å². The van der Waals surface area contributed by atoms with Crippen LogP contribution in [0.3, 0.4) is 0 Å². The molecule has 6 aliphatic rings. The van der Waals surface area contributed by atoms with Gasteiger partial charge in [0, 0.05) is 98.4 Å². The lowest BCUT2D eigenvalue weighted by atomic mass is 9.44. The van der Waals surface area contributed by atoms with Crippen LogP contribution in [0.15, 0.2) is 127 Å².